The quantitative estimate of drug-likeness (QED) is 0.473. The second kappa shape index (κ2) is 8.08. The highest BCUT2D eigenvalue weighted by atomic mass is 16.3. The Kier molecular flexibility index (Phi) is 5.17. The summed E-state index contributed by atoms with van der Waals surface area (Å²) in [6.45, 7) is 2.09. The molecule has 30 heavy (non-hydrogen) atoms. The summed E-state index contributed by atoms with van der Waals surface area (Å²) in [6.07, 6.45) is 1.56. The molecular formula is C23H19N3O4. The number of nitrogens with one attached hydrogen (secondary N) is 2. The van der Waals surface area contributed by atoms with E-state index >= 15 is 0 Å². The van der Waals surface area contributed by atoms with Crippen molar-refractivity contribution in [2.75, 3.05) is 0 Å². The number of aromatic nitrogens is 2. The number of aromatic hydroxyl groups is 1. The lowest BCUT2D eigenvalue weighted by atomic mass is 10.0. The van der Waals surface area contributed by atoms with Crippen LogP contribution in [0.2, 0.25) is 0 Å². The molecule has 2 aromatic heterocycles. The van der Waals surface area contributed by atoms with Crippen LogP contribution in [0.1, 0.15) is 21.7 Å². The van der Waals surface area contributed by atoms with E-state index in [9.17, 15) is 14.7 Å². The molecule has 3 N–H and O–H groups in total. The number of hydrogen-bond donors (Lipinski definition) is 3. The first-order valence-corrected chi connectivity index (χ1v) is 9.32. The van der Waals surface area contributed by atoms with Crippen molar-refractivity contribution < 1.29 is 14.3 Å². The van der Waals surface area contributed by atoms with Crippen LogP contribution in [0.15, 0.2) is 76.1 Å². The van der Waals surface area contributed by atoms with E-state index in [4.69, 9.17) is 4.42 Å². The van der Waals surface area contributed by atoms with E-state index in [0.29, 0.717) is 34.8 Å². The van der Waals surface area contributed by atoms with Crippen LogP contribution in [0.25, 0.3) is 22.5 Å². The average molecular weight is 401 g/mol. The van der Waals surface area contributed by atoms with Gasteiger partial charge in [-0.3, -0.25) is 4.79 Å². The first-order chi connectivity index (χ1) is 14.5. The van der Waals surface area contributed by atoms with E-state index in [-0.39, 0.29) is 11.7 Å². The second-order valence-corrected chi connectivity index (χ2v) is 6.83. The number of nitrogens with zero attached hydrogens (tertiary/aromatic N) is 1. The number of phenolic OH excluding ortho intramolecular Hbond substituents is 1. The summed E-state index contributed by atoms with van der Waals surface area (Å²) in [7, 11) is 0. The average Bonchev–Trinajstić information content (AvgIpc) is 3.27. The van der Waals surface area contributed by atoms with E-state index in [1.807, 2.05) is 0 Å². The van der Waals surface area contributed by atoms with Crippen molar-refractivity contribution >= 4 is 5.91 Å². The molecular weight excluding hydrogens is 382 g/mol. The largest absolute Gasteiger partial charge is 0.508 e. The maximum atomic E-state index is 12.3. The Labute approximate surface area is 172 Å². The van der Waals surface area contributed by atoms with Crippen molar-refractivity contribution in [3.05, 3.63) is 94.3 Å². The summed E-state index contributed by atoms with van der Waals surface area (Å²) in [5.41, 5.74) is 3.27. The molecule has 1 amide bonds. The standard InChI is InChI=1S/C23H19N3O4/c1-14-11-17(8-9-21(14)27)20-12-19(25-23(29)26-20)15-4-6-16(7-5-15)22(28)24-13-18-3-2-10-30-18/h2-12,27H,13H2,1H3,(H,24,28)(H,25,26,29). The smallest absolute Gasteiger partial charge is 0.345 e. The summed E-state index contributed by atoms with van der Waals surface area (Å²) in [6, 6.07) is 17.3. The van der Waals surface area contributed by atoms with Gasteiger partial charge in [-0.15, -0.1) is 0 Å². The van der Waals surface area contributed by atoms with E-state index in [1.54, 1.807) is 73.9 Å². The monoisotopic (exact) mass is 401 g/mol. The van der Waals surface area contributed by atoms with E-state index in [0.717, 1.165) is 11.1 Å². The summed E-state index contributed by atoms with van der Waals surface area (Å²) in [4.78, 5) is 31.1. The molecule has 0 radical (unpaired) electrons. The third-order valence-corrected chi connectivity index (χ3v) is 4.70. The fourth-order valence-corrected chi connectivity index (χ4v) is 3.06. The number of aromatic amines is 1. The molecule has 0 aliphatic carbocycles. The van der Waals surface area contributed by atoms with Crippen LogP contribution in [0.3, 0.4) is 0 Å². The molecule has 0 unspecified atom stereocenters. The minimum atomic E-state index is -0.478. The Balaban J connectivity index is 1.56. The molecule has 0 atom stereocenters. The summed E-state index contributed by atoms with van der Waals surface area (Å²) in [5.74, 6) is 0.637. The van der Waals surface area contributed by atoms with Crippen molar-refractivity contribution in [3.63, 3.8) is 0 Å². The summed E-state index contributed by atoms with van der Waals surface area (Å²) < 4.78 is 5.20. The highest BCUT2D eigenvalue weighted by Crippen LogP contribution is 2.26. The first kappa shape index (κ1) is 19.2. The minimum absolute atomic E-state index is 0.185. The molecule has 7 nitrogen and oxygen atoms in total. The van der Waals surface area contributed by atoms with Crippen LogP contribution in [-0.4, -0.2) is 21.0 Å². The van der Waals surface area contributed by atoms with Crippen LogP contribution in [0, 0.1) is 6.92 Å². The predicted octanol–water partition coefficient (Wildman–Crippen LogP) is 3.64. The molecule has 150 valence electrons. The van der Waals surface area contributed by atoms with Crippen molar-refractivity contribution in [1.29, 1.82) is 0 Å². The van der Waals surface area contributed by atoms with E-state index in [1.165, 1.54) is 0 Å². The SMILES string of the molecule is Cc1cc(-c2cc(-c3ccc(C(=O)NCc4ccco4)cc3)[nH]c(=O)n2)ccc1O. The highest BCUT2D eigenvalue weighted by molar-refractivity contribution is 5.94. The molecule has 0 fully saturated rings. The van der Waals surface area contributed by atoms with Crippen molar-refractivity contribution in [3.8, 4) is 28.3 Å². The van der Waals surface area contributed by atoms with Gasteiger partial charge in [-0.05, 0) is 66.6 Å². The second-order valence-electron chi connectivity index (χ2n) is 6.83. The molecule has 0 saturated carbocycles. The number of aryl methyl sites for hydroxylation is 1. The van der Waals surface area contributed by atoms with Gasteiger partial charge in [-0.2, -0.15) is 4.98 Å². The Morgan fingerprint density at radius 2 is 1.87 bits per heavy atom. The van der Waals surface area contributed by atoms with Crippen LogP contribution in [-0.2, 0) is 6.54 Å². The Morgan fingerprint density at radius 3 is 2.57 bits per heavy atom. The maximum absolute atomic E-state index is 12.3. The van der Waals surface area contributed by atoms with E-state index < -0.39 is 5.69 Å². The maximum Gasteiger partial charge on any atom is 0.345 e. The normalized spacial score (nSPS) is 10.7. The van der Waals surface area contributed by atoms with Crippen LogP contribution < -0.4 is 11.0 Å². The van der Waals surface area contributed by atoms with Gasteiger partial charge in [0.1, 0.15) is 11.5 Å². The lowest BCUT2D eigenvalue weighted by Crippen LogP contribution is -2.22. The molecule has 0 aliphatic heterocycles. The Morgan fingerprint density at radius 1 is 1.10 bits per heavy atom. The van der Waals surface area contributed by atoms with Gasteiger partial charge in [0.2, 0.25) is 0 Å². The van der Waals surface area contributed by atoms with Gasteiger partial charge in [0.05, 0.1) is 24.2 Å². The van der Waals surface area contributed by atoms with Gasteiger partial charge in [0.15, 0.2) is 0 Å². The van der Waals surface area contributed by atoms with Gasteiger partial charge in [0, 0.05) is 11.1 Å². The third-order valence-electron chi connectivity index (χ3n) is 4.70. The number of carbonyl (C=O) groups excluding carboxylic acids is 1. The minimum Gasteiger partial charge on any atom is -0.508 e. The van der Waals surface area contributed by atoms with Crippen LogP contribution >= 0.6 is 0 Å². The molecule has 2 heterocycles. The zero-order valence-electron chi connectivity index (χ0n) is 16.2. The fourth-order valence-electron chi connectivity index (χ4n) is 3.06. The third kappa shape index (κ3) is 4.15. The zero-order valence-corrected chi connectivity index (χ0v) is 16.2. The fraction of sp³-hybridized carbons (Fsp3) is 0.0870. The number of furan rings is 1. The molecule has 4 rings (SSSR count). The number of H-pyrrole nitrogens is 1. The molecule has 4 aromatic rings. The van der Waals surface area contributed by atoms with Crippen LogP contribution in [0.5, 0.6) is 5.75 Å². The Bertz CT molecular complexity index is 1240. The van der Waals surface area contributed by atoms with Crippen molar-refractivity contribution in [2.24, 2.45) is 0 Å². The van der Waals surface area contributed by atoms with Gasteiger partial charge < -0.3 is 19.8 Å². The zero-order chi connectivity index (χ0) is 21.1. The van der Waals surface area contributed by atoms with Crippen molar-refractivity contribution in [2.45, 2.75) is 13.5 Å². The highest BCUT2D eigenvalue weighted by Gasteiger charge is 2.10. The molecule has 0 spiro atoms. The number of phenols is 1. The van der Waals surface area contributed by atoms with Gasteiger partial charge in [0.25, 0.3) is 5.91 Å². The number of carbonyl (C=O) groups is 1. The lowest BCUT2D eigenvalue weighted by Gasteiger charge is -2.08. The molecule has 7 heteroatoms. The van der Waals surface area contributed by atoms with Gasteiger partial charge in [-0.1, -0.05) is 12.1 Å². The summed E-state index contributed by atoms with van der Waals surface area (Å²) >= 11 is 0. The summed E-state index contributed by atoms with van der Waals surface area (Å²) in [5, 5.41) is 12.5. The number of amides is 1. The predicted molar refractivity (Wildman–Crippen MR) is 112 cm³/mol. The molecule has 0 bridgehead atoms. The Hall–Kier alpha value is -4.13. The number of rotatable bonds is 5. The molecule has 2 aromatic carbocycles. The first-order valence-electron chi connectivity index (χ1n) is 9.32. The number of benzene rings is 2. The van der Waals surface area contributed by atoms with Crippen molar-refractivity contribution in [1.82, 2.24) is 15.3 Å². The van der Waals surface area contributed by atoms with E-state index in [2.05, 4.69) is 15.3 Å². The molecule has 0 saturated heterocycles. The van der Waals surface area contributed by atoms with Crippen LogP contribution in [0.4, 0.5) is 0 Å². The number of hydrogen-bond acceptors (Lipinski definition) is 5. The topological polar surface area (TPSA) is 108 Å². The van der Waals surface area contributed by atoms with Gasteiger partial charge in [-0.25, -0.2) is 4.79 Å². The van der Waals surface area contributed by atoms with Gasteiger partial charge >= 0.3 is 5.69 Å². The molecule has 0 aliphatic rings. The lowest BCUT2D eigenvalue weighted by molar-refractivity contribution is 0.0948.